The molecule has 0 saturated heterocycles. The summed E-state index contributed by atoms with van der Waals surface area (Å²) < 4.78 is 31.5. The van der Waals surface area contributed by atoms with Crippen molar-refractivity contribution < 1.29 is 18.3 Å². The van der Waals surface area contributed by atoms with E-state index in [-0.39, 0.29) is 16.9 Å². The average molecular weight is 293 g/mol. The number of hydrogen-bond donors (Lipinski definition) is 1. The summed E-state index contributed by atoms with van der Waals surface area (Å²) in [7, 11) is -1.95. The summed E-state index contributed by atoms with van der Waals surface area (Å²) in [6.45, 7) is 4.21. The van der Waals surface area contributed by atoms with Crippen molar-refractivity contribution in [2.24, 2.45) is 0 Å². The van der Waals surface area contributed by atoms with Gasteiger partial charge in [-0.15, -0.1) is 11.3 Å². The van der Waals surface area contributed by atoms with Gasteiger partial charge in [-0.25, -0.2) is 8.42 Å². The molecule has 0 aliphatic rings. The Balaban J connectivity index is 3.02. The Morgan fingerprint density at radius 1 is 1.50 bits per heavy atom. The Morgan fingerprint density at radius 3 is 2.61 bits per heavy atom. The first kappa shape index (κ1) is 15.6. The molecular formula is C11H19NO4S2. The smallest absolute Gasteiger partial charge is 0.252 e. The summed E-state index contributed by atoms with van der Waals surface area (Å²) in [4.78, 5) is 0.643. The summed E-state index contributed by atoms with van der Waals surface area (Å²) in [6.07, 6.45) is 0. The largest absolute Gasteiger partial charge is 0.391 e. The molecule has 0 aliphatic carbocycles. The molecule has 0 spiro atoms. The third kappa shape index (κ3) is 3.30. The van der Waals surface area contributed by atoms with Crippen molar-refractivity contribution in [3.63, 3.8) is 0 Å². The monoisotopic (exact) mass is 293 g/mol. The van der Waals surface area contributed by atoms with Crippen molar-refractivity contribution >= 4 is 21.4 Å². The summed E-state index contributed by atoms with van der Waals surface area (Å²) in [5, 5.41) is 8.99. The predicted octanol–water partition coefficient (Wildman–Crippen LogP) is 1.29. The summed E-state index contributed by atoms with van der Waals surface area (Å²) in [6, 6.07) is 2.95. The maximum atomic E-state index is 12.4. The lowest BCUT2D eigenvalue weighted by molar-refractivity contribution is 0.143. The molecule has 1 N–H and O–H groups in total. The molecule has 1 atom stereocenters. The van der Waals surface area contributed by atoms with Crippen molar-refractivity contribution in [2.45, 2.75) is 30.7 Å². The fraction of sp³-hybridized carbons (Fsp3) is 0.636. The van der Waals surface area contributed by atoms with Crippen LogP contribution in [-0.2, 0) is 21.4 Å². The lowest BCUT2D eigenvalue weighted by Crippen LogP contribution is -2.40. The molecule has 0 radical (unpaired) electrons. The summed E-state index contributed by atoms with van der Waals surface area (Å²) in [5.74, 6) is 0. The molecule has 104 valence electrons. The predicted molar refractivity (Wildman–Crippen MR) is 71.1 cm³/mol. The van der Waals surface area contributed by atoms with E-state index in [9.17, 15) is 8.42 Å². The van der Waals surface area contributed by atoms with E-state index in [1.54, 1.807) is 20.1 Å². The van der Waals surface area contributed by atoms with Gasteiger partial charge in [-0.1, -0.05) is 6.92 Å². The van der Waals surface area contributed by atoms with Crippen LogP contribution in [0.15, 0.2) is 16.3 Å². The van der Waals surface area contributed by atoms with E-state index >= 15 is 0 Å². The van der Waals surface area contributed by atoms with Gasteiger partial charge in [0.15, 0.2) is 0 Å². The van der Waals surface area contributed by atoms with E-state index in [0.29, 0.717) is 18.0 Å². The molecule has 5 nitrogen and oxygen atoms in total. The lowest BCUT2D eigenvalue weighted by atomic mass is 10.4. The topological polar surface area (TPSA) is 66.8 Å². The molecule has 0 fully saturated rings. The minimum Gasteiger partial charge on any atom is -0.391 e. The van der Waals surface area contributed by atoms with Crippen molar-refractivity contribution in [3.8, 4) is 0 Å². The normalized spacial score (nSPS) is 14.1. The van der Waals surface area contributed by atoms with E-state index in [0.717, 1.165) is 11.3 Å². The van der Waals surface area contributed by atoms with E-state index in [2.05, 4.69) is 0 Å². The molecule has 1 heterocycles. The maximum absolute atomic E-state index is 12.4. The number of aliphatic hydroxyl groups is 1. The van der Waals surface area contributed by atoms with Crippen LogP contribution >= 0.6 is 11.3 Å². The Kier molecular flexibility index (Phi) is 5.74. The number of ether oxygens (including phenoxy) is 1. The molecule has 0 aromatic carbocycles. The number of hydrogen-bond acceptors (Lipinski definition) is 5. The van der Waals surface area contributed by atoms with Crippen LogP contribution in [-0.4, -0.2) is 44.1 Å². The number of aliphatic hydroxyl groups excluding tert-OH is 1. The molecule has 0 saturated carbocycles. The second-order valence-electron chi connectivity index (χ2n) is 3.89. The zero-order chi connectivity index (χ0) is 13.8. The summed E-state index contributed by atoms with van der Waals surface area (Å²) >= 11 is 1.10. The molecule has 1 aromatic heterocycles. The SMILES string of the molecule is CCN(C(C)COC)S(=O)(=O)c1ccc(CO)s1. The fourth-order valence-electron chi connectivity index (χ4n) is 1.74. The molecular weight excluding hydrogens is 274 g/mol. The number of likely N-dealkylation sites (N-methyl/N-ethyl adjacent to an activating group) is 1. The zero-order valence-electron chi connectivity index (χ0n) is 10.8. The van der Waals surface area contributed by atoms with Crippen LogP contribution in [0.25, 0.3) is 0 Å². The van der Waals surface area contributed by atoms with Gasteiger partial charge < -0.3 is 9.84 Å². The second-order valence-corrected chi connectivity index (χ2v) is 7.18. The number of methoxy groups -OCH3 is 1. The zero-order valence-corrected chi connectivity index (χ0v) is 12.4. The fourth-order valence-corrected chi connectivity index (χ4v) is 4.71. The van der Waals surface area contributed by atoms with Crippen LogP contribution < -0.4 is 0 Å². The lowest BCUT2D eigenvalue weighted by Gasteiger charge is -2.25. The number of sulfonamides is 1. The first-order chi connectivity index (χ1) is 8.47. The standard InChI is InChI=1S/C11H19NO4S2/c1-4-12(9(2)8-16-3)18(14,15)11-6-5-10(7-13)17-11/h5-6,9,13H,4,7-8H2,1-3H3. The number of thiophene rings is 1. The maximum Gasteiger partial charge on any atom is 0.252 e. The van der Waals surface area contributed by atoms with Gasteiger partial charge in [0, 0.05) is 24.6 Å². The number of nitrogens with zero attached hydrogens (tertiary/aromatic N) is 1. The van der Waals surface area contributed by atoms with Gasteiger partial charge in [0.05, 0.1) is 13.2 Å². The highest BCUT2D eigenvalue weighted by Crippen LogP contribution is 2.26. The van der Waals surface area contributed by atoms with Gasteiger partial charge in [0.25, 0.3) is 10.0 Å². The highest BCUT2D eigenvalue weighted by atomic mass is 32.2. The van der Waals surface area contributed by atoms with Crippen LogP contribution in [0.2, 0.25) is 0 Å². The van der Waals surface area contributed by atoms with Gasteiger partial charge in [0.1, 0.15) is 4.21 Å². The first-order valence-electron chi connectivity index (χ1n) is 5.67. The minimum absolute atomic E-state index is 0.139. The average Bonchev–Trinajstić information content (AvgIpc) is 2.79. The van der Waals surface area contributed by atoms with Gasteiger partial charge in [-0.05, 0) is 19.1 Å². The third-order valence-electron chi connectivity index (χ3n) is 2.57. The van der Waals surface area contributed by atoms with Gasteiger partial charge in [0.2, 0.25) is 0 Å². The highest BCUT2D eigenvalue weighted by Gasteiger charge is 2.28. The van der Waals surface area contributed by atoms with Gasteiger partial charge in [-0.3, -0.25) is 0 Å². The van der Waals surface area contributed by atoms with Crippen molar-refractivity contribution in [1.29, 1.82) is 0 Å². The molecule has 18 heavy (non-hydrogen) atoms. The Bertz CT molecular complexity index is 469. The van der Waals surface area contributed by atoms with Crippen LogP contribution in [0.5, 0.6) is 0 Å². The Hall–Kier alpha value is -0.470. The van der Waals surface area contributed by atoms with Gasteiger partial charge >= 0.3 is 0 Å². The van der Waals surface area contributed by atoms with Crippen molar-refractivity contribution in [3.05, 3.63) is 17.0 Å². The molecule has 7 heteroatoms. The van der Waals surface area contributed by atoms with Crippen molar-refractivity contribution in [1.82, 2.24) is 4.31 Å². The van der Waals surface area contributed by atoms with Gasteiger partial charge in [-0.2, -0.15) is 4.31 Å². The minimum atomic E-state index is -3.50. The molecule has 1 rings (SSSR count). The van der Waals surface area contributed by atoms with E-state index < -0.39 is 10.0 Å². The molecule has 1 aromatic rings. The third-order valence-corrected chi connectivity index (χ3v) is 6.19. The van der Waals surface area contributed by atoms with E-state index in [1.165, 1.54) is 10.4 Å². The Labute approximate surface area is 112 Å². The van der Waals surface area contributed by atoms with Crippen LogP contribution in [0.3, 0.4) is 0 Å². The van der Waals surface area contributed by atoms with Crippen molar-refractivity contribution in [2.75, 3.05) is 20.3 Å². The summed E-state index contributed by atoms with van der Waals surface area (Å²) in [5.41, 5.74) is 0. The first-order valence-corrected chi connectivity index (χ1v) is 7.93. The highest BCUT2D eigenvalue weighted by molar-refractivity contribution is 7.91. The molecule has 0 amide bonds. The van der Waals surface area contributed by atoms with E-state index in [4.69, 9.17) is 9.84 Å². The van der Waals surface area contributed by atoms with Crippen LogP contribution in [0.1, 0.15) is 18.7 Å². The van der Waals surface area contributed by atoms with E-state index in [1.807, 2.05) is 6.92 Å². The van der Waals surface area contributed by atoms with Crippen LogP contribution in [0.4, 0.5) is 0 Å². The number of rotatable bonds is 7. The molecule has 0 aliphatic heterocycles. The molecule has 0 bridgehead atoms. The molecule has 1 unspecified atom stereocenters. The van der Waals surface area contributed by atoms with Crippen LogP contribution in [0, 0.1) is 0 Å². The Morgan fingerprint density at radius 2 is 2.17 bits per heavy atom. The second kappa shape index (κ2) is 6.63. The quantitative estimate of drug-likeness (QED) is 0.822.